The fraction of sp³-hybridized carbons (Fsp3) is 0.375. The van der Waals surface area contributed by atoms with E-state index in [4.69, 9.17) is 11.5 Å². The summed E-state index contributed by atoms with van der Waals surface area (Å²) in [6.07, 6.45) is 1.86. The lowest BCUT2D eigenvalue weighted by Gasteiger charge is -2.23. The number of hydrogen-bond acceptors (Lipinski definition) is 4. The molecular weight excluding hydrogens is 294 g/mol. The number of nitrogens with two attached hydrogens (primary N) is 2. The van der Waals surface area contributed by atoms with Gasteiger partial charge in [0.2, 0.25) is 0 Å². The molecule has 1 unspecified atom stereocenters. The summed E-state index contributed by atoms with van der Waals surface area (Å²) >= 11 is 0. The molecule has 0 saturated carbocycles. The monoisotopic (exact) mass is 315 g/mol. The molecule has 0 aliphatic carbocycles. The second kappa shape index (κ2) is 6.29. The Morgan fingerprint density at radius 2 is 2.22 bits per heavy atom. The maximum atomic E-state index is 12.5. The molecule has 0 radical (unpaired) electrons. The molecule has 1 aliphatic heterocycles. The summed E-state index contributed by atoms with van der Waals surface area (Å²) in [5, 5.41) is 13.9. The number of phenolic OH excluding ortho intramolecular Hbond substituents is 1. The van der Waals surface area contributed by atoms with Crippen molar-refractivity contribution in [3.05, 3.63) is 29.5 Å². The molecule has 7 nitrogen and oxygen atoms in total. The zero-order valence-corrected chi connectivity index (χ0v) is 12.8. The summed E-state index contributed by atoms with van der Waals surface area (Å²) in [5.41, 5.74) is 13.5. The normalized spacial score (nSPS) is 17.0. The summed E-state index contributed by atoms with van der Waals surface area (Å²) in [6.45, 7) is 1.19. The van der Waals surface area contributed by atoms with Crippen LogP contribution in [-0.2, 0) is 11.2 Å². The highest BCUT2D eigenvalue weighted by Gasteiger charge is 2.28. The minimum Gasteiger partial charge on any atom is -0.508 e. The summed E-state index contributed by atoms with van der Waals surface area (Å²) in [5.74, 6) is 0.399. The van der Waals surface area contributed by atoms with E-state index in [1.807, 2.05) is 6.07 Å². The Morgan fingerprint density at radius 3 is 3.00 bits per heavy atom. The van der Waals surface area contributed by atoms with Crippen LogP contribution in [0.1, 0.15) is 30.1 Å². The van der Waals surface area contributed by atoms with E-state index < -0.39 is 0 Å². The molecule has 0 spiro atoms. The van der Waals surface area contributed by atoms with Gasteiger partial charge in [-0.2, -0.15) is 0 Å². The highest BCUT2D eigenvalue weighted by molar-refractivity contribution is 5.91. The zero-order valence-electron chi connectivity index (χ0n) is 12.8. The number of aromatic hydroxyl groups is 1. The zero-order chi connectivity index (χ0) is 16.4. The molecule has 0 fully saturated rings. The van der Waals surface area contributed by atoms with Gasteiger partial charge in [-0.25, -0.2) is 0 Å². The third-order valence-corrected chi connectivity index (χ3v) is 4.13. The standard InChI is InChI=1S/C16H21N5O2/c17-16(18)20-6-1-2-13(23)15-14-10(5-7-19-15)11-8-9(22)3-4-12(11)21-14/h3-4,8,15,19,21-22H,1-2,5-7H2,(H4,17,18,20). The van der Waals surface area contributed by atoms with Gasteiger partial charge >= 0.3 is 0 Å². The quantitative estimate of drug-likeness (QED) is 0.315. The van der Waals surface area contributed by atoms with Crippen molar-refractivity contribution in [2.24, 2.45) is 16.5 Å². The third-order valence-electron chi connectivity index (χ3n) is 4.13. The van der Waals surface area contributed by atoms with Gasteiger partial charge in [-0.05, 0) is 36.6 Å². The van der Waals surface area contributed by atoms with E-state index in [-0.39, 0.29) is 23.5 Å². The fourth-order valence-electron chi connectivity index (χ4n) is 3.10. The molecular formula is C16H21N5O2. The number of ketones is 1. The van der Waals surface area contributed by atoms with Gasteiger partial charge in [0.15, 0.2) is 11.7 Å². The Balaban J connectivity index is 1.80. The number of aromatic amines is 1. The molecule has 0 amide bonds. The van der Waals surface area contributed by atoms with E-state index in [9.17, 15) is 9.90 Å². The second-order valence-corrected chi connectivity index (χ2v) is 5.76. The van der Waals surface area contributed by atoms with Crippen molar-refractivity contribution >= 4 is 22.6 Å². The number of H-pyrrole nitrogens is 1. The van der Waals surface area contributed by atoms with Gasteiger partial charge in [-0.1, -0.05) is 0 Å². The Morgan fingerprint density at radius 1 is 1.39 bits per heavy atom. The molecule has 122 valence electrons. The highest BCUT2D eigenvalue weighted by atomic mass is 16.3. The second-order valence-electron chi connectivity index (χ2n) is 5.76. The van der Waals surface area contributed by atoms with E-state index in [1.165, 1.54) is 0 Å². The first-order valence-electron chi connectivity index (χ1n) is 7.71. The smallest absolute Gasteiger partial charge is 0.185 e. The first-order chi connectivity index (χ1) is 11.1. The number of aliphatic imine (C=N–C) groups is 1. The van der Waals surface area contributed by atoms with Crippen molar-refractivity contribution in [2.75, 3.05) is 13.1 Å². The maximum Gasteiger partial charge on any atom is 0.185 e. The molecule has 0 bridgehead atoms. The number of Topliss-reactive ketones (excluding diaryl/α,β-unsaturated/α-hetero) is 1. The van der Waals surface area contributed by atoms with E-state index in [1.54, 1.807) is 12.1 Å². The van der Waals surface area contributed by atoms with E-state index in [0.717, 1.165) is 35.1 Å². The van der Waals surface area contributed by atoms with Crippen LogP contribution in [0.5, 0.6) is 5.75 Å². The molecule has 2 aromatic rings. The number of carbonyl (C=O) groups excluding carboxylic acids is 1. The van der Waals surface area contributed by atoms with Crippen LogP contribution in [0.3, 0.4) is 0 Å². The number of hydrogen-bond donors (Lipinski definition) is 5. The van der Waals surface area contributed by atoms with E-state index in [0.29, 0.717) is 19.4 Å². The Labute approximate surface area is 133 Å². The van der Waals surface area contributed by atoms with Crippen LogP contribution in [0.2, 0.25) is 0 Å². The molecule has 1 aromatic carbocycles. The SMILES string of the molecule is NC(N)=NCCCC(=O)C1NCCc2c1[nH]c1ccc(O)cc21. The molecule has 7 heteroatoms. The number of benzene rings is 1. The van der Waals surface area contributed by atoms with Gasteiger partial charge in [0.25, 0.3) is 0 Å². The number of guanidine groups is 1. The number of fused-ring (bicyclic) bond motifs is 3. The minimum absolute atomic E-state index is 0.0472. The number of nitrogens with zero attached hydrogens (tertiary/aromatic N) is 1. The molecule has 1 aromatic heterocycles. The van der Waals surface area contributed by atoms with Crippen LogP contribution in [0.25, 0.3) is 10.9 Å². The van der Waals surface area contributed by atoms with Gasteiger partial charge in [-0.3, -0.25) is 9.79 Å². The third kappa shape index (κ3) is 3.14. The lowest BCUT2D eigenvalue weighted by atomic mass is 9.95. The Hall–Kier alpha value is -2.54. The van der Waals surface area contributed by atoms with Gasteiger partial charge in [0.1, 0.15) is 11.8 Å². The number of nitrogens with one attached hydrogen (secondary N) is 2. The summed E-state index contributed by atoms with van der Waals surface area (Å²) in [6, 6.07) is 4.89. The van der Waals surface area contributed by atoms with E-state index >= 15 is 0 Å². The summed E-state index contributed by atoms with van der Waals surface area (Å²) in [7, 11) is 0. The van der Waals surface area contributed by atoms with Gasteiger partial charge in [0, 0.05) is 36.1 Å². The predicted molar refractivity (Wildman–Crippen MR) is 89.3 cm³/mol. The van der Waals surface area contributed by atoms with Gasteiger partial charge in [0.05, 0.1) is 0 Å². The van der Waals surface area contributed by atoms with Crippen molar-refractivity contribution in [1.82, 2.24) is 10.3 Å². The Bertz CT molecular complexity index is 761. The van der Waals surface area contributed by atoms with Gasteiger partial charge in [-0.15, -0.1) is 0 Å². The van der Waals surface area contributed by atoms with Crippen molar-refractivity contribution in [2.45, 2.75) is 25.3 Å². The molecule has 0 saturated heterocycles. The molecule has 1 atom stereocenters. The van der Waals surface area contributed by atoms with Crippen molar-refractivity contribution in [3.8, 4) is 5.75 Å². The Kier molecular flexibility index (Phi) is 4.20. The number of phenols is 1. The number of carbonyl (C=O) groups is 1. The van der Waals surface area contributed by atoms with Crippen molar-refractivity contribution in [1.29, 1.82) is 0 Å². The molecule has 1 aliphatic rings. The molecule has 7 N–H and O–H groups in total. The topological polar surface area (TPSA) is 130 Å². The fourth-order valence-corrected chi connectivity index (χ4v) is 3.10. The lowest BCUT2D eigenvalue weighted by molar-refractivity contribution is -0.121. The lowest BCUT2D eigenvalue weighted by Crippen LogP contribution is -2.35. The molecule has 2 heterocycles. The predicted octanol–water partition coefficient (Wildman–Crippen LogP) is 0.683. The van der Waals surface area contributed by atoms with Crippen LogP contribution in [0.4, 0.5) is 0 Å². The molecule has 3 rings (SSSR count). The molecule has 23 heavy (non-hydrogen) atoms. The van der Waals surface area contributed by atoms with E-state index in [2.05, 4.69) is 15.3 Å². The number of aromatic nitrogens is 1. The van der Waals surface area contributed by atoms with Crippen LogP contribution in [0.15, 0.2) is 23.2 Å². The highest BCUT2D eigenvalue weighted by Crippen LogP contribution is 2.32. The average Bonchev–Trinajstić information content (AvgIpc) is 2.89. The average molecular weight is 315 g/mol. The maximum absolute atomic E-state index is 12.5. The minimum atomic E-state index is -0.340. The van der Waals surface area contributed by atoms with Crippen LogP contribution >= 0.6 is 0 Å². The first-order valence-corrected chi connectivity index (χ1v) is 7.71. The van der Waals surface area contributed by atoms with Gasteiger partial charge < -0.3 is 26.9 Å². The first kappa shape index (κ1) is 15.4. The van der Waals surface area contributed by atoms with Crippen molar-refractivity contribution in [3.63, 3.8) is 0 Å². The summed E-state index contributed by atoms with van der Waals surface area (Å²) in [4.78, 5) is 19.7. The van der Waals surface area contributed by atoms with Crippen LogP contribution in [0, 0.1) is 0 Å². The largest absolute Gasteiger partial charge is 0.508 e. The van der Waals surface area contributed by atoms with Crippen molar-refractivity contribution < 1.29 is 9.90 Å². The summed E-state index contributed by atoms with van der Waals surface area (Å²) < 4.78 is 0. The number of rotatable bonds is 5. The van der Waals surface area contributed by atoms with Crippen LogP contribution in [-0.4, -0.2) is 34.9 Å². The van der Waals surface area contributed by atoms with Crippen LogP contribution < -0.4 is 16.8 Å².